The van der Waals surface area contributed by atoms with Crippen LogP contribution >= 0.6 is 0 Å². The van der Waals surface area contributed by atoms with Crippen molar-refractivity contribution < 1.29 is 12.8 Å². The number of rotatable bonds is 3. The van der Waals surface area contributed by atoms with E-state index in [1.807, 2.05) is 0 Å². The number of sulfonamides is 1. The molecule has 0 aliphatic rings. The van der Waals surface area contributed by atoms with Crippen molar-refractivity contribution in [1.82, 2.24) is 9.13 Å². The summed E-state index contributed by atoms with van der Waals surface area (Å²) in [5.74, 6) is -0.573. The SMILES string of the molecule is Cn1c(=O)c(=O)n(C)c2cc(S(=O)(=O)Nc3cccc(F)c3)ccc21. The summed E-state index contributed by atoms with van der Waals surface area (Å²) in [5.41, 5.74) is -0.688. The molecular weight excluding hydrogens is 349 g/mol. The van der Waals surface area contributed by atoms with Crippen LogP contribution in [-0.2, 0) is 24.1 Å². The van der Waals surface area contributed by atoms with Crippen LogP contribution in [-0.4, -0.2) is 17.6 Å². The monoisotopic (exact) mass is 363 g/mol. The molecule has 0 saturated carbocycles. The lowest BCUT2D eigenvalue weighted by Gasteiger charge is -2.12. The van der Waals surface area contributed by atoms with Gasteiger partial charge in [-0.25, -0.2) is 12.8 Å². The normalized spacial score (nSPS) is 11.6. The number of benzene rings is 2. The molecule has 0 bridgehead atoms. The molecule has 0 fully saturated rings. The minimum Gasteiger partial charge on any atom is -0.305 e. The zero-order valence-corrected chi connectivity index (χ0v) is 14.2. The van der Waals surface area contributed by atoms with Gasteiger partial charge in [0.15, 0.2) is 0 Å². The Kier molecular flexibility index (Phi) is 3.96. The topological polar surface area (TPSA) is 90.2 Å². The standard InChI is InChI=1S/C16H14FN3O4S/c1-19-13-7-6-12(9-14(13)20(2)16(22)15(19)21)25(23,24)18-11-5-3-4-10(17)8-11/h3-9,18H,1-2H3. The van der Waals surface area contributed by atoms with Crippen molar-refractivity contribution in [2.45, 2.75) is 4.90 Å². The van der Waals surface area contributed by atoms with Crippen LogP contribution in [0.15, 0.2) is 56.9 Å². The maximum atomic E-state index is 13.2. The van der Waals surface area contributed by atoms with Gasteiger partial charge in [-0.05, 0) is 36.4 Å². The van der Waals surface area contributed by atoms with E-state index in [0.29, 0.717) is 5.52 Å². The zero-order valence-electron chi connectivity index (χ0n) is 13.4. The lowest BCUT2D eigenvalue weighted by molar-refractivity contribution is 0.601. The molecule has 0 radical (unpaired) electrons. The molecule has 0 aliphatic carbocycles. The number of aromatic nitrogens is 2. The average Bonchev–Trinajstić information content (AvgIpc) is 2.57. The third-order valence-electron chi connectivity index (χ3n) is 3.85. The van der Waals surface area contributed by atoms with E-state index < -0.39 is 27.0 Å². The van der Waals surface area contributed by atoms with Crippen molar-refractivity contribution in [2.24, 2.45) is 14.1 Å². The maximum Gasteiger partial charge on any atom is 0.316 e. The summed E-state index contributed by atoms with van der Waals surface area (Å²) in [4.78, 5) is 23.6. The number of nitrogens with one attached hydrogen (secondary N) is 1. The Hall–Kier alpha value is -2.94. The van der Waals surface area contributed by atoms with Crippen LogP contribution in [0.3, 0.4) is 0 Å². The summed E-state index contributed by atoms with van der Waals surface area (Å²) in [6.45, 7) is 0. The smallest absolute Gasteiger partial charge is 0.305 e. The van der Waals surface area contributed by atoms with Crippen molar-refractivity contribution in [3.63, 3.8) is 0 Å². The van der Waals surface area contributed by atoms with E-state index in [0.717, 1.165) is 15.2 Å². The lowest BCUT2D eigenvalue weighted by atomic mass is 10.3. The second-order valence-electron chi connectivity index (χ2n) is 5.49. The van der Waals surface area contributed by atoms with Gasteiger partial charge in [0, 0.05) is 14.1 Å². The fourth-order valence-electron chi connectivity index (χ4n) is 2.49. The molecule has 0 spiro atoms. The summed E-state index contributed by atoms with van der Waals surface area (Å²) in [6.07, 6.45) is 0. The van der Waals surface area contributed by atoms with E-state index in [2.05, 4.69) is 4.72 Å². The fourth-order valence-corrected chi connectivity index (χ4v) is 3.56. The first-order valence-corrected chi connectivity index (χ1v) is 8.67. The molecule has 1 aromatic heterocycles. The van der Waals surface area contributed by atoms with Gasteiger partial charge in [-0.3, -0.25) is 14.3 Å². The Labute approximate surface area is 142 Å². The van der Waals surface area contributed by atoms with Crippen LogP contribution in [0.4, 0.5) is 10.1 Å². The van der Waals surface area contributed by atoms with Crippen molar-refractivity contribution in [1.29, 1.82) is 0 Å². The van der Waals surface area contributed by atoms with Gasteiger partial charge >= 0.3 is 11.1 Å². The van der Waals surface area contributed by atoms with E-state index in [9.17, 15) is 22.4 Å². The Morgan fingerprint density at radius 3 is 2.20 bits per heavy atom. The molecule has 0 saturated heterocycles. The van der Waals surface area contributed by atoms with Crippen LogP contribution in [0.2, 0.25) is 0 Å². The van der Waals surface area contributed by atoms with Gasteiger partial charge in [0.25, 0.3) is 10.0 Å². The van der Waals surface area contributed by atoms with Gasteiger partial charge in [-0.1, -0.05) is 6.07 Å². The molecule has 0 unspecified atom stereocenters. The highest BCUT2D eigenvalue weighted by Gasteiger charge is 2.17. The van der Waals surface area contributed by atoms with Crippen LogP contribution in [0.25, 0.3) is 11.0 Å². The number of fused-ring (bicyclic) bond motifs is 1. The minimum absolute atomic E-state index is 0.0782. The molecule has 2 aromatic carbocycles. The van der Waals surface area contributed by atoms with Gasteiger partial charge in [-0.15, -0.1) is 0 Å². The van der Waals surface area contributed by atoms with E-state index in [4.69, 9.17) is 0 Å². The molecule has 3 rings (SSSR count). The quantitative estimate of drug-likeness (QED) is 0.708. The van der Waals surface area contributed by atoms with Gasteiger partial charge in [0.05, 0.1) is 21.6 Å². The fraction of sp³-hybridized carbons (Fsp3) is 0.125. The molecule has 1 N–H and O–H groups in total. The summed E-state index contributed by atoms with van der Waals surface area (Å²) >= 11 is 0. The number of halogens is 1. The third-order valence-corrected chi connectivity index (χ3v) is 5.23. The Morgan fingerprint density at radius 2 is 1.56 bits per heavy atom. The van der Waals surface area contributed by atoms with Crippen LogP contribution in [0.5, 0.6) is 0 Å². The van der Waals surface area contributed by atoms with E-state index >= 15 is 0 Å². The first-order valence-electron chi connectivity index (χ1n) is 7.19. The summed E-state index contributed by atoms with van der Waals surface area (Å²) in [7, 11) is -1.17. The van der Waals surface area contributed by atoms with Crippen molar-refractivity contribution in [3.8, 4) is 0 Å². The van der Waals surface area contributed by atoms with Gasteiger partial charge in [-0.2, -0.15) is 0 Å². The van der Waals surface area contributed by atoms with Crippen molar-refractivity contribution in [3.05, 3.63) is 69.0 Å². The van der Waals surface area contributed by atoms with Gasteiger partial charge in [0.2, 0.25) is 0 Å². The van der Waals surface area contributed by atoms with Gasteiger partial charge in [0.1, 0.15) is 5.82 Å². The molecule has 0 atom stereocenters. The maximum absolute atomic E-state index is 13.2. The number of anilines is 1. The summed E-state index contributed by atoms with van der Waals surface area (Å²) in [6, 6.07) is 9.10. The predicted octanol–water partition coefficient (Wildman–Crippen LogP) is 1.18. The zero-order chi connectivity index (χ0) is 18.4. The first-order chi connectivity index (χ1) is 11.7. The predicted molar refractivity (Wildman–Crippen MR) is 91.6 cm³/mol. The highest BCUT2D eigenvalue weighted by Crippen LogP contribution is 2.20. The molecular formula is C16H14FN3O4S. The second-order valence-corrected chi connectivity index (χ2v) is 7.18. The Bertz CT molecular complexity index is 1210. The highest BCUT2D eigenvalue weighted by molar-refractivity contribution is 7.92. The molecule has 0 amide bonds. The van der Waals surface area contributed by atoms with E-state index in [-0.39, 0.29) is 16.1 Å². The Balaban J connectivity index is 2.16. The largest absolute Gasteiger partial charge is 0.316 e. The number of nitrogens with zero attached hydrogens (tertiary/aromatic N) is 2. The number of hydrogen-bond acceptors (Lipinski definition) is 4. The van der Waals surface area contributed by atoms with Crippen LogP contribution < -0.4 is 15.8 Å². The van der Waals surface area contributed by atoms with E-state index in [1.165, 1.54) is 50.5 Å². The van der Waals surface area contributed by atoms with Gasteiger partial charge < -0.3 is 9.13 Å². The first kappa shape index (κ1) is 16.9. The minimum atomic E-state index is -3.99. The second kappa shape index (κ2) is 5.85. The van der Waals surface area contributed by atoms with Crippen LogP contribution in [0, 0.1) is 5.82 Å². The van der Waals surface area contributed by atoms with Crippen LogP contribution in [0.1, 0.15) is 0 Å². The molecule has 3 aromatic rings. The third kappa shape index (κ3) is 2.93. The average molecular weight is 363 g/mol. The molecule has 7 nitrogen and oxygen atoms in total. The Morgan fingerprint density at radius 1 is 0.920 bits per heavy atom. The molecule has 9 heteroatoms. The number of hydrogen-bond donors (Lipinski definition) is 1. The molecule has 130 valence electrons. The van der Waals surface area contributed by atoms with Crippen molar-refractivity contribution in [2.75, 3.05) is 4.72 Å². The van der Waals surface area contributed by atoms with Crippen molar-refractivity contribution >= 4 is 26.7 Å². The summed E-state index contributed by atoms with van der Waals surface area (Å²) < 4.78 is 42.8. The van der Waals surface area contributed by atoms with E-state index in [1.54, 1.807) is 0 Å². The molecule has 0 aliphatic heterocycles. The number of aryl methyl sites for hydroxylation is 2. The molecule has 25 heavy (non-hydrogen) atoms. The molecule has 1 heterocycles. The highest BCUT2D eigenvalue weighted by atomic mass is 32.2. The lowest BCUT2D eigenvalue weighted by Crippen LogP contribution is -2.39. The summed E-state index contributed by atoms with van der Waals surface area (Å²) in [5, 5.41) is 0.